The maximum absolute atomic E-state index is 13.4. The number of carbonyl (C=O) groups excluding carboxylic acids is 1. The summed E-state index contributed by atoms with van der Waals surface area (Å²) in [7, 11) is 1.41. The van der Waals surface area contributed by atoms with Crippen molar-refractivity contribution in [3.8, 4) is 5.75 Å². The molecule has 0 bridgehead atoms. The number of methoxy groups -OCH3 is 1. The summed E-state index contributed by atoms with van der Waals surface area (Å²) in [5.74, 6) is 0.0659. The zero-order chi connectivity index (χ0) is 16.1. The van der Waals surface area contributed by atoms with Crippen molar-refractivity contribution >= 4 is 6.03 Å². The van der Waals surface area contributed by atoms with Gasteiger partial charge in [0, 0.05) is 6.54 Å². The lowest BCUT2D eigenvalue weighted by atomic mass is 10.1. The van der Waals surface area contributed by atoms with Crippen LogP contribution in [0.2, 0.25) is 0 Å². The number of aliphatic hydroxyl groups excluding tert-OH is 1. The first-order valence-electron chi connectivity index (χ1n) is 7.55. The molecule has 1 aromatic rings. The van der Waals surface area contributed by atoms with Gasteiger partial charge in [-0.15, -0.1) is 0 Å². The lowest BCUT2D eigenvalue weighted by molar-refractivity contribution is 0.177. The molecule has 1 aromatic carbocycles. The maximum atomic E-state index is 13.4. The van der Waals surface area contributed by atoms with E-state index in [1.54, 1.807) is 12.1 Å². The highest BCUT2D eigenvalue weighted by atomic mass is 19.1. The van der Waals surface area contributed by atoms with Crippen molar-refractivity contribution in [2.75, 3.05) is 13.7 Å². The molecule has 1 saturated carbocycles. The van der Waals surface area contributed by atoms with Crippen molar-refractivity contribution in [1.29, 1.82) is 0 Å². The third-order valence-electron chi connectivity index (χ3n) is 4.09. The largest absolute Gasteiger partial charge is 0.494 e. The van der Waals surface area contributed by atoms with Crippen molar-refractivity contribution in [3.63, 3.8) is 0 Å². The Hall–Kier alpha value is -1.82. The normalized spacial score (nSPS) is 22.2. The third-order valence-corrected chi connectivity index (χ3v) is 4.09. The molecule has 22 heavy (non-hydrogen) atoms. The van der Waals surface area contributed by atoms with Gasteiger partial charge in [0.25, 0.3) is 0 Å². The van der Waals surface area contributed by atoms with Gasteiger partial charge in [0.1, 0.15) is 0 Å². The summed E-state index contributed by atoms with van der Waals surface area (Å²) < 4.78 is 18.3. The average Bonchev–Trinajstić information content (AvgIpc) is 2.91. The number of ether oxygens (including phenoxy) is 1. The highest BCUT2D eigenvalue weighted by Crippen LogP contribution is 2.25. The molecule has 0 spiro atoms. The number of amides is 2. The molecule has 0 saturated heterocycles. The second kappa shape index (κ2) is 7.45. The van der Waals surface area contributed by atoms with Gasteiger partial charge in [-0.25, -0.2) is 9.18 Å². The first-order valence-corrected chi connectivity index (χ1v) is 7.55. The SMILES string of the molecule is COc1cc([C@H](C)NC(=O)NC[C@H]2CC[C@@H](O)C2)ccc1F. The molecular weight excluding hydrogens is 287 g/mol. The van der Waals surface area contributed by atoms with E-state index in [4.69, 9.17) is 4.74 Å². The summed E-state index contributed by atoms with van der Waals surface area (Å²) in [6.07, 6.45) is 2.25. The van der Waals surface area contributed by atoms with Gasteiger partial charge < -0.3 is 20.5 Å². The maximum Gasteiger partial charge on any atom is 0.315 e. The Balaban J connectivity index is 1.83. The van der Waals surface area contributed by atoms with E-state index >= 15 is 0 Å². The molecular formula is C16H23FN2O3. The van der Waals surface area contributed by atoms with E-state index in [1.807, 2.05) is 6.92 Å². The van der Waals surface area contributed by atoms with Gasteiger partial charge in [-0.1, -0.05) is 6.07 Å². The van der Waals surface area contributed by atoms with Crippen molar-refractivity contribution in [2.45, 2.75) is 38.3 Å². The Kier molecular flexibility index (Phi) is 5.60. The van der Waals surface area contributed by atoms with Crippen LogP contribution in [-0.4, -0.2) is 30.9 Å². The first kappa shape index (κ1) is 16.5. The van der Waals surface area contributed by atoms with Crippen LogP contribution in [0.4, 0.5) is 9.18 Å². The Bertz CT molecular complexity index is 524. The average molecular weight is 310 g/mol. The van der Waals surface area contributed by atoms with E-state index < -0.39 is 5.82 Å². The second-order valence-electron chi connectivity index (χ2n) is 5.80. The lowest BCUT2D eigenvalue weighted by Gasteiger charge is -2.17. The van der Waals surface area contributed by atoms with E-state index in [-0.39, 0.29) is 23.9 Å². The molecule has 3 N–H and O–H groups in total. The van der Waals surface area contributed by atoms with E-state index in [1.165, 1.54) is 13.2 Å². The van der Waals surface area contributed by atoms with Gasteiger partial charge in [-0.05, 0) is 49.8 Å². The molecule has 122 valence electrons. The molecule has 2 rings (SSSR count). The number of rotatable bonds is 5. The molecule has 1 aliphatic rings. The third kappa shape index (κ3) is 4.34. The number of benzene rings is 1. The number of hydrogen-bond donors (Lipinski definition) is 3. The van der Waals surface area contributed by atoms with Crippen LogP contribution in [0.15, 0.2) is 18.2 Å². The van der Waals surface area contributed by atoms with E-state index in [9.17, 15) is 14.3 Å². The van der Waals surface area contributed by atoms with Crippen molar-refractivity contribution in [2.24, 2.45) is 5.92 Å². The zero-order valence-corrected chi connectivity index (χ0v) is 12.9. The highest BCUT2D eigenvalue weighted by molar-refractivity contribution is 5.74. The van der Waals surface area contributed by atoms with Crippen LogP contribution in [0, 0.1) is 11.7 Å². The quantitative estimate of drug-likeness (QED) is 0.782. The Labute approximate surface area is 129 Å². The van der Waals surface area contributed by atoms with Crippen LogP contribution in [0.1, 0.15) is 37.8 Å². The van der Waals surface area contributed by atoms with Crippen molar-refractivity contribution < 1.29 is 19.0 Å². The second-order valence-corrected chi connectivity index (χ2v) is 5.80. The van der Waals surface area contributed by atoms with Crippen molar-refractivity contribution in [1.82, 2.24) is 10.6 Å². The molecule has 0 aromatic heterocycles. The highest BCUT2D eigenvalue weighted by Gasteiger charge is 2.23. The number of aliphatic hydroxyl groups is 1. The molecule has 1 fully saturated rings. The zero-order valence-electron chi connectivity index (χ0n) is 12.9. The molecule has 0 unspecified atom stereocenters. The summed E-state index contributed by atoms with van der Waals surface area (Å²) in [5.41, 5.74) is 0.768. The van der Waals surface area contributed by atoms with Gasteiger partial charge >= 0.3 is 6.03 Å². The summed E-state index contributed by atoms with van der Waals surface area (Å²) >= 11 is 0. The predicted octanol–water partition coefficient (Wildman–Crippen LogP) is 2.36. The van der Waals surface area contributed by atoms with Crippen LogP contribution in [0.3, 0.4) is 0 Å². The summed E-state index contributed by atoms with van der Waals surface area (Å²) in [5, 5.41) is 15.1. The smallest absolute Gasteiger partial charge is 0.315 e. The number of halogens is 1. The molecule has 6 heteroatoms. The number of urea groups is 1. The van der Waals surface area contributed by atoms with Crippen LogP contribution in [0.5, 0.6) is 5.75 Å². The molecule has 1 aliphatic carbocycles. The van der Waals surface area contributed by atoms with Gasteiger partial charge in [0.05, 0.1) is 19.3 Å². The fraction of sp³-hybridized carbons (Fsp3) is 0.562. The topological polar surface area (TPSA) is 70.6 Å². The molecule has 2 amide bonds. The molecule has 0 heterocycles. The first-order chi connectivity index (χ1) is 10.5. The minimum atomic E-state index is -0.428. The fourth-order valence-corrected chi connectivity index (χ4v) is 2.75. The lowest BCUT2D eigenvalue weighted by Crippen LogP contribution is -2.39. The van der Waals surface area contributed by atoms with Crippen LogP contribution < -0.4 is 15.4 Å². The molecule has 0 aliphatic heterocycles. The molecule has 5 nitrogen and oxygen atoms in total. The Morgan fingerprint density at radius 3 is 2.91 bits per heavy atom. The van der Waals surface area contributed by atoms with Crippen LogP contribution >= 0.6 is 0 Å². The monoisotopic (exact) mass is 310 g/mol. The van der Waals surface area contributed by atoms with Crippen molar-refractivity contribution in [3.05, 3.63) is 29.6 Å². The minimum Gasteiger partial charge on any atom is -0.494 e. The van der Waals surface area contributed by atoms with Crippen LogP contribution in [0.25, 0.3) is 0 Å². The van der Waals surface area contributed by atoms with Gasteiger partial charge in [0.15, 0.2) is 11.6 Å². The van der Waals surface area contributed by atoms with E-state index in [0.29, 0.717) is 12.5 Å². The molecule has 3 atom stereocenters. The van der Waals surface area contributed by atoms with Gasteiger partial charge in [0.2, 0.25) is 0 Å². The molecule has 0 radical (unpaired) electrons. The Morgan fingerprint density at radius 1 is 1.50 bits per heavy atom. The minimum absolute atomic E-state index is 0.159. The van der Waals surface area contributed by atoms with E-state index in [0.717, 1.165) is 24.8 Å². The van der Waals surface area contributed by atoms with Gasteiger partial charge in [-0.3, -0.25) is 0 Å². The fourth-order valence-electron chi connectivity index (χ4n) is 2.75. The summed E-state index contributed by atoms with van der Waals surface area (Å²) in [6.45, 7) is 2.38. The number of nitrogens with one attached hydrogen (secondary N) is 2. The van der Waals surface area contributed by atoms with Gasteiger partial charge in [-0.2, -0.15) is 0 Å². The number of hydrogen-bond acceptors (Lipinski definition) is 3. The standard InChI is InChI=1S/C16H23FN2O3/c1-10(12-4-6-14(17)15(8-12)22-2)19-16(21)18-9-11-3-5-13(20)7-11/h4,6,8,10-11,13,20H,3,5,7,9H2,1-2H3,(H2,18,19,21)/t10-,11-,13+/m0/s1. The summed E-state index contributed by atoms with van der Waals surface area (Å²) in [6, 6.07) is 3.99. The summed E-state index contributed by atoms with van der Waals surface area (Å²) in [4.78, 5) is 11.9. The number of carbonyl (C=O) groups is 1. The van der Waals surface area contributed by atoms with E-state index in [2.05, 4.69) is 10.6 Å². The van der Waals surface area contributed by atoms with Crippen LogP contribution in [-0.2, 0) is 0 Å². The predicted molar refractivity (Wildman–Crippen MR) is 81.2 cm³/mol. The Morgan fingerprint density at radius 2 is 2.27 bits per heavy atom.